The molecule has 1 atom stereocenters. The number of ether oxygens (including phenoxy) is 1. The van der Waals surface area contributed by atoms with Crippen LogP contribution < -0.4 is 10.6 Å². The molecule has 16 heavy (non-hydrogen) atoms. The molecule has 86 valence electrons. The Morgan fingerprint density at radius 1 is 1.56 bits per heavy atom. The number of aromatic nitrogens is 2. The van der Waals surface area contributed by atoms with E-state index in [1.54, 1.807) is 6.20 Å². The maximum atomic E-state index is 11.3. The van der Waals surface area contributed by atoms with Crippen LogP contribution in [-0.2, 0) is 9.53 Å². The van der Waals surface area contributed by atoms with Crippen LogP contribution in [0.1, 0.15) is 6.42 Å². The highest BCUT2D eigenvalue weighted by Crippen LogP contribution is 2.22. The Morgan fingerprint density at radius 3 is 3.00 bits per heavy atom. The van der Waals surface area contributed by atoms with Crippen molar-refractivity contribution in [2.24, 2.45) is 5.92 Å². The van der Waals surface area contributed by atoms with Gasteiger partial charge in [0.05, 0.1) is 25.4 Å². The molecule has 1 aromatic heterocycles. The summed E-state index contributed by atoms with van der Waals surface area (Å²) in [5.41, 5.74) is 5.46. The minimum atomic E-state index is -0.161. The molecule has 1 aliphatic rings. The van der Waals surface area contributed by atoms with Crippen molar-refractivity contribution < 1.29 is 9.53 Å². The van der Waals surface area contributed by atoms with Crippen molar-refractivity contribution in [1.82, 2.24) is 9.97 Å². The van der Waals surface area contributed by atoms with Gasteiger partial charge in [0.15, 0.2) is 0 Å². The van der Waals surface area contributed by atoms with E-state index < -0.39 is 0 Å². The summed E-state index contributed by atoms with van der Waals surface area (Å²) in [6, 6.07) is 0. The van der Waals surface area contributed by atoms with Crippen LogP contribution in [0.25, 0.3) is 0 Å². The van der Waals surface area contributed by atoms with Crippen LogP contribution in [0.4, 0.5) is 11.6 Å². The molecule has 0 aromatic carbocycles. The molecule has 6 heteroatoms. The first kappa shape index (κ1) is 10.7. The highest BCUT2D eigenvalue weighted by atomic mass is 16.5. The predicted octanol–water partition coefficient (Wildman–Crippen LogP) is 0.0581. The maximum absolute atomic E-state index is 11.3. The quantitative estimate of drug-likeness (QED) is 0.712. The van der Waals surface area contributed by atoms with E-state index in [1.165, 1.54) is 13.3 Å². The van der Waals surface area contributed by atoms with E-state index >= 15 is 0 Å². The van der Waals surface area contributed by atoms with E-state index in [4.69, 9.17) is 10.5 Å². The molecule has 1 saturated heterocycles. The standard InChI is InChI=1S/C10H14N4O2/c1-16-10(15)7-2-3-14(6-7)9-5-12-8(11)4-13-9/h4-5,7H,2-3,6H2,1H3,(H2,11,12). The zero-order valence-corrected chi connectivity index (χ0v) is 9.09. The molecule has 1 fully saturated rings. The van der Waals surface area contributed by atoms with Gasteiger partial charge in [-0.1, -0.05) is 0 Å². The number of carbonyl (C=O) groups excluding carboxylic acids is 1. The largest absolute Gasteiger partial charge is 0.469 e. The van der Waals surface area contributed by atoms with Gasteiger partial charge < -0.3 is 15.4 Å². The second kappa shape index (κ2) is 4.34. The first-order valence-electron chi connectivity index (χ1n) is 5.11. The Kier molecular flexibility index (Phi) is 2.89. The summed E-state index contributed by atoms with van der Waals surface area (Å²) < 4.78 is 4.72. The number of hydrogen-bond acceptors (Lipinski definition) is 6. The summed E-state index contributed by atoms with van der Waals surface area (Å²) in [7, 11) is 1.41. The Hall–Kier alpha value is -1.85. The van der Waals surface area contributed by atoms with Crippen molar-refractivity contribution in [1.29, 1.82) is 0 Å². The van der Waals surface area contributed by atoms with Gasteiger partial charge in [0.25, 0.3) is 0 Å². The molecular formula is C10H14N4O2. The van der Waals surface area contributed by atoms with Crippen LogP contribution in [0.15, 0.2) is 12.4 Å². The van der Waals surface area contributed by atoms with Gasteiger partial charge in [-0.3, -0.25) is 4.79 Å². The fourth-order valence-corrected chi connectivity index (χ4v) is 1.82. The average Bonchev–Trinajstić information content (AvgIpc) is 2.78. The minimum absolute atomic E-state index is 0.0654. The lowest BCUT2D eigenvalue weighted by atomic mass is 10.1. The molecule has 2 heterocycles. The fourth-order valence-electron chi connectivity index (χ4n) is 1.82. The summed E-state index contributed by atoms with van der Waals surface area (Å²) in [4.78, 5) is 21.5. The molecule has 0 amide bonds. The van der Waals surface area contributed by atoms with Gasteiger partial charge in [-0.05, 0) is 6.42 Å². The molecular weight excluding hydrogens is 208 g/mol. The van der Waals surface area contributed by atoms with Gasteiger partial charge in [-0.2, -0.15) is 0 Å². The third kappa shape index (κ3) is 2.05. The second-order valence-corrected chi connectivity index (χ2v) is 3.75. The second-order valence-electron chi connectivity index (χ2n) is 3.75. The minimum Gasteiger partial charge on any atom is -0.469 e. The van der Waals surface area contributed by atoms with E-state index in [1.807, 2.05) is 4.90 Å². The topological polar surface area (TPSA) is 81.3 Å². The number of nitrogens with two attached hydrogens (primary N) is 1. The van der Waals surface area contributed by atoms with Crippen molar-refractivity contribution in [2.45, 2.75) is 6.42 Å². The normalized spacial score (nSPS) is 19.8. The van der Waals surface area contributed by atoms with Crippen molar-refractivity contribution in [3.63, 3.8) is 0 Å². The average molecular weight is 222 g/mol. The molecule has 1 aliphatic heterocycles. The molecule has 0 bridgehead atoms. The SMILES string of the molecule is COC(=O)C1CCN(c2cnc(N)cn2)C1. The van der Waals surface area contributed by atoms with Crippen molar-refractivity contribution in [3.8, 4) is 0 Å². The maximum Gasteiger partial charge on any atom is 0.310 e. The van der Waals surface area contributed by atoms with Crippen LogP contribution in [-0.4, -0.2) is 36.1 Å². The smallest absolute Gasteiger partial charge is 0.310 e. The van der Waals surface area contributed by atoms with Crippen LogP contribution >= 0.6 is 0 Å². The van der Waals surface area contributed by atoms with Gasteiger partial charge in [0.1, 0.15) is 11.6 Å². The molecule has 0 radical (unpaired) electrons. The van der Waals surface area contributed by atoms with Crippen molar-refractivity contribution in [3.05, 3.63) is 12.4 Å². The molecule has 2 rings (SSSR count). The number of esters is 1. The van der Waals surface area contributed by atoms with Crippen LogP contribution in [0.3, 0.4) is 0 Å². The number of hydrogen-bond donors (Lipinski definition) is 1. The molecule has 0 saturated carbocycles. The Balaban J connectivity index is 2.03. The number of nitrogens with zero attached hydrogens (tertiary/aromatic N) is 3. The molecule has 0 aliphatic carbocycles. The molecule has 6 nitrogen and oxygen atoms in total. The first-order valence-corrected chi connectivity index (χ1v) is 5.11. The van der Waals surface area contributed by atoms with Gasteiger partial charge in [-0.15, -0.1) is 0 Å². The number of methoxy groups -OCH3 is 1. The zero-order chi connectivity index (χ0) is 11.5. The Morgan fingerprint density at radius 2 is 2.38 bits per heavy atom. The molecule has 1 aromatic rings. The van der Waals surface area contributed by atoms with Gasteiger partial charge >= 0.3 is 5.97 Å². The van der Waals surface area contributed by atoms with Gasteiger partial charge in [-0.25, -0.2) is 9.97 Å². The molecule has 0 spiro atoms. The first-order chi connectivity index (χ1) is 7.70. The summed E-state index contributed by atoms with van der Waals surface area (Å²) in [6.45, 7) is 1.42. The molecule has 1 unspecified atom stereocenters. The van der Waals surface area contributed by atoms with E-state index in [-0.39, 0.29) is 11.9 Å². The lowest BCUT2D eigenvalue weighted by Gasteiger charge is -2.16. The third-order valence-corrected chi connectivity index (χ3v) is 2.70. The summed E-state index contributed by atoms with van der Waals surface area (Å²) in [5, 5.41) is 0. The zero-order valence-electron chi connectivity index (χ0n) is 9.09. The fraction of sp³-hybridized carbons (Fsp3) is 0.500. The number of anilines is 2. The van der Waals surface area contributed by atoms with E-state index in [9.17, 15) is 4.79 Å². The lowest BCUT2D eigenvalue weighted by Crippen LogP contribution is -2.24. The van der Waals surface area contributed by atoms with E-state index in [0.29, 0.717) is 12.4 Å². The number of nitrogen functional groups attached to an aromatic ring is 1. The summed E-state index contributed by atoms with van der Waals surface area (Å²) in [6.07, 6.45) is 3.93. The monoisotopic (exact) mass is 222 g/mol. The van der Waals surface area contributed by atoms with Crippen LogP contribution in [0.2, 0.25) is 0 Å². The highest BCUT2D eigenvalue weighted by Gasteiger charge is 2.29. The van der Waals surface area contributed by atoms with E-state index in [2.05, 4.69) is 9.97 Å². The third-order valence-electron chi connectivity index (χ3n) is 2.70. The van der Waals surface area contributed by atoms with Crippen LogP contribution in [0, 0.1) is 5.92 Å². The van der Waals surface area contributed by atoms with Crippen molar-refractivity contribution >= 4 is 17.6 Å². The molecule has 2 N–H and O–H groups in total. The summed E-state index contributed by atoms with van der Waals surface area (Å²) in [5.74, 6) is 0.920. The lowest BCUT2D eigenvalue weighted by molar-refractivity contribution is -0.144. The van der Waals surface area contributed by atoms with Crippen LogP contribution in [0.5, 0.6) is 0 Å². The summed E-state index contributed by atoms with van der Waals surface area (Å²) >= 11 is 0. The van der Waals surface area contributed by atoms with Gasteiger partial charge in [0, 0.05) is 13.1 Å². The Labute approximate surface area is 93.4 Å². The number of carbonyl (C=O) groups is 1. The van der Waals surface area contributed by atoms with E-state index in [0.717, 1.165) is 18.8 Å². The highest BCUT2D eigenvalue weighted by molar-refractivity contribution is 5.74. The number of rotatable bonds is 2. The predicted molar refractivity (Wildman–Crippen MR) is 58.8 cm³/mol. The Bertz CT molecular complexity index is 379. The van der Waals surface area contributed by atoms with Crippen molar-refractivity contribution in [2.75, 3.05) is 30.8 Å². The van der Waals surface area contributed by atoms with Gasteiger partial charge in [0.2, 0.25) is 0 Å².